The zero-order chi connectivity index (χ0) is 22.8. The number of amides is 2. The Bertz CT molecular complexity index is 979. The van der Waals surface area contributed by atoms with E-state index in [0.29, 0.717) is 18.2 Å². The van der Waals surface area contributed by atoms with Gasteiger partial charge in [-0.25, -0.2) is 0 Å². The topological polar surface area (TPSA) is 58.6 Å². The number of benzene rings is 2. The minimum atomic E-state index is -0.586. The van der Waals surface area contributed by atoms with E-state index < -0.39 is 6.10 Å². The van der Waals surface area contributed by atoms with Crippen LogP contribution in [-0.4, -0.2) is 35.9 Å². The molecule has 1 fully saturated rings. The third kappa shape index (κ3) is 4.98. The van der Waals surface area contributed by atoms with Gasteiger partial charge in [-0.1, -0.05) is 49.7 Å². The van der Waals surface area contributed by atoms with Crippen molar-refractivity contribution in [2.75, 3.05) is 13.1 Å². The van der Waals surface area contributed by atoms with Gasteiger partial charge in [0.15, 0.2) is 6.10 Å². The minimum Gasteiger partial charge on any atom is -0.481 e. The van der Waals surface area contributed by atoms with Crippen molar-refractivity contribution in [2.45, 2.75) is 59.1 Å². The van der Waals surface area contributed by atoms with E-state index in [4.69, 9.17) is 4.74 Å². The largest absolute Gasteiger partial charge is 0.481 e. The lowest BCUT2D eigenvalue weighted by Crippen LogP contribution is -2.41. The molecule has 1 saturated carbocycles. The number of carbonyl (C=O) groups excluding carboxylic acids is 2. The number of fused-ring (bicyclic) bond motifs is 1. The zero-order valence-electron chi connectivity index (χ0n) is 19.6. The van der Waals surface area contributed by atoms with Crippen molar-refractivity contribution < 1.29 is 14.3 Å². The molecule has 0 radical (unpaired) electrons. The lowest BCUT2D eigenvalue weighted by molar-refractivity contribution is -0.134. The first-order chi connectivity index (χ1) is 15.3. The third-order valence-corrected chi connectivity index (χ3v) is 6.32. The summed E-state index contributed by atoms with van der Waals surface area (Å²) in [5, 5.41) is 2.93. The highest BCUT2D eigenvalue weighted by Crippen LogP contribution is 2.41. The number of nitrogens with one attached hydrogen (secondary N) is 1. The molecule has 5 nitrogen and oxygen atoms in total. The molecule has 2 aromatic carbocycles. The van der Waals surface area contributed by atoms with Crippen molar-refractivity contribution in [3.63, 3.8) is 0 Å². The third-order valence-electron chi connectivity index (χ3n) is 6.32. The van der Waals surface area contributed by atoms with Gasteiger partial charge in [-0.05, 0) is 67.9 Å². The molecule has 0 spiro atoms. The van der Waals surface area contributed by atoms with Gasteiger partial charge in [-0.15, -0.1) is 0 Å². The van der Waals surface area contributed by atoms with E-state index in [-0.39, 0.29) is 23.8 Å². The summed E-state index contributed by atoms with van der Waals surface area (Å²) in [7, 11) is 0. The molecule has 1 heterocycles. The van der Waals surface area contributed by atoms with Crippen LogP contribution in [0.2, 0.25) is 0 Å². The maximum Gasteiger partial charge on any atom is 0.260 e. The second-order valence-electron chi connectivity index (χ2n) is 9.63. The van der Waals surface area contributed by atoms with Crippen LogP contribution in [0, 0.1) is 18.8 Å². The lowest BCUT2D eigenvalue weighted by atomic mass is 9.87. The molecule has 1 aliphatic carbocycles. The van der Waals surface area contributed by atoms with Crippen LogP contribution in [0.25, 0.3) is 0 Å². The van der Waals surface area contributed by atoms with Crippen molar-refractivity contribution in [3.8, 4) is 5.75 Å². The van der Waals surface area contributed by atoms with Gasteiger partial charge in [-0.3, -0.25) is 9.59 Å². The second-order valence-corrected chi connectivity index (χ2v) is 9.63. The van der Waals surface area contributed by atoms with E-state index in [2.05, 4.69) is 56.4 Å². The molecular formula is C27H34N2O3. The Morgan fingerprint density at radius 1 is 1.09 bits per heavy atom. The Hall–Kier alpha value is -2.82. The highest BCUT2D eigenvalue weighted by atomic mass is 16.5. The fourth-order valence-electron chi connectivity index (χ4n) is 4.28. The Labute approximate surface area is 191 Å². The molecule has 0 unspecified atom stereocenters. The standard InChI is InChI=1S/C27H34N2O3/c1-17(2)16-28-26(30)19(4)32-23-12-11-20-13-14-29(27(31)22-9-10-22)25(24(20)15-23)21-7-5-18(3)6-8-21/h5-8,11-12,15,17,19,22,25H,9-10,13-14,16H2,1-4H3,(H,28,30)/t19-,25-/m0/s1. The quantitative estimate of drug-likeness (QED) is 0.702. The zero-order valence-corrected chi connectivity index (χ0v) is 19.6. The molecule has 1 aliphatic heterocycles. The molecule has 1 N–H and O–H groups in total. The molecule has 4 rings (SSSR count). The number of aryl methyl sites for hydroxylation is 1. The van der Waals surface area contributed by atoms with Crippen molar-refractivity contribution in [1.82, 2.24) is 10.2 Å². The first kappa shape index (κ1) is 22.4. The van der Waals surface area contributed by atoms with Gasteiger partial charge in [0.2, 0.25) is 5.91 Å². The maximum absolute atomic E-state index is 13.1. The van der Waals surface area contributed by atoms with E-state index in [1.54, 1.807) is 6.92 Å². The van der Waals surface area contributed by atoms with Crippen LogP contribution in [-0.2, 0) is 16.0 Å². The molecule has 2 amide bonds. The number of carbonyl (C=O) groups is 2. The number of nitrogens with zero attached hydrogens (tertiary/aromatic N) is 1. The average Bonchev–Trinajstić information content (AvgIpc) is 3.62. The Kier molecular flexibility index (Phi) is 6.54. The van der Waals surface area contributed by atoms with Crippen molar-refractivity contribution in [2.24, 2.45) is 11.8 Å². The average molecular weight is 435 g/mol. The number of rotatable bonds is 7. The highest BCUT2D eigenvalue weighted by molar-refractivity contribution is 5.82. The summed E-state index contributed by atoms with van der Waals surface area (Å²) < 4.78 is 6.02. The molecule has 2 aromatic rings. The Morgan fingerprint density at radius 3 is 2.47 bits per heavy atom. The van der Waals surface area contributed by atoms with E-state index in [1.165, 1.54) is 11.1 Å². The monoisotopic (exact) mass is 434 g/mol. The summed E-state index contributed by atoms with van der Waals surface area (Å²) in [6, 6.07) is 14.4. The predicted octanol–water partition coefficient (Wildman–Crippen LogP) is 4.42. The van der Waals surface area contributed by atoms with Gasteiger partial charge in [0, 0.05) is 19.0 Å². The Morgan fingerprint density at radius 2 is 1.81 bits per heavy atom. The van der Waals surface area contributed by atoms with Crippen LogP contribution in [0.3, 0.4) is 0 Å². The van der Waals surface area contributed by atoms with Gasteiger partial charge >= 0.3 is 0 Å². The molecule has 5 heteroatoms. The molecular weight excluding hydrogens is 400 g/mol. The van der Waals surface area contributed by atoms with E-state index >= 15 is 0 Å². The lowest BCUT2D eigenvalue weighted by Gasteiger charge is -2.38. The van der Waals surface area contributed by atoms with E-state index in [1.807, 2.05) is 17.0 Å². The van der Waals surface area contributed by atoms with Gasteiger partial charge in [0.05, 0.1) is 6.04 Å². The summed E-state index contributed by atoms with van der Waals surface area (Å²) in [6.07, 6.45) is 2.24. The minimum absolute atomic E-state index is 0.114. The van der Waals surface area contributed by atoms with Crippen LogP contribution >= 0.6 is 0 Å². The summed E-state index contributed by atoms with van der Waals surface area (Å²) >= 11 is 0. The highest BCUT2D eigenvalue weighted by Gasteiger charge is 2.39. The van der Waals surface area contributed by atoms with E-state index in [0.717, 1.165) is 36.9 Å². The van der Waals surface area contributed by atoms with Crippen LogP contribution < -0.4 is 10.1 Å². The normalized spacial score (nSPS) is 18.8. The van der Waals surface area contributed by atoms with Crippen LogP contribution in [0.1, 0.15) is 61.9 Å². The maximum atomic E-state index is 13.1. The van der Waals surface area contributed by atoms with Crippen molar-refractivity contribution >= 4 is 11.8 Å². The summed E-state index contributed by atoms with van der Waals surface area (Å²) in [6.45, 7) is 9.34. The van der Waals surface area contributed by atoms with Crippen molar-refractivity contribution in [1.29, 1.82) is 0 Å². The van der Waals surface area contributed by atoms with Gasteiger partial charge in [-0.2, -0.15) is 0 Å². The fourth-order valence-corrected chi connectivity index (χ4v) is 4.28. The molecule has 0 aromatic heterocycles. The van der Waals surface area contributed by atoms with Crippen LogP contribution in [0.5, 0.6) is 5.75 Å². The summed E-state index contributed by atoms with van der Waals surface area (Å²) in [5.74, 6) is 1.37. The van der Waals surface area contributed by atoms with Gasteiger partial charge in [0.1, 0.15) is 5.75 Å². The molecule has 2 aliphatic rings. The molecule has 2 atom stereocenters. The van der Waals surface area contributed by atoms with Crippen LogP contribution in [0.15, 0.2) is 42.5 Å². The summed E-state index contributed by atoms with van der Waals surface area (Å²) in [4.78, 5) is 27.6. The number of ether oxygens (including phenoxy) is 1. The smallest absolute Gasteiger partial charge is 0.260 e. The number of hydrogen-bond acceptors (Lipinski definition) is 3. The van der Waals surface area contributed by atoms with E-state index in [9.17, 15) is 9.59 Å². The van der Waals surface area contributed by atoms with Gasteiger partial charge in [0.25, 0.3) is 5.91 Å². The van der Waals surface area contributed by atoms with Gasteiger partial charge < -0.3 is 15.0 Å². The molecule has 0 bridgehead atoms. The fraction of sp³-hybridized carbons (Fsp3) is 0.481. The van der Waals surface area contributed by atoms with Crippen molar-refractivity contribution in [3.05, 3.63) is 64.7 Å². The summed E-state index contributed by atoms with van der Waals surface area (Å²) in [5.41, 5.74) is 4.65. The first-order valence-electron chi connectivity index (χ1n) is 11.8. The first-order valence-corrected chi connectivity index (χ1v) is 11.8. The second kappa shape index (κ2) is 9.35. The molecule has 170 valence electrons. The SMILES string of the molecule is Cc1ccc([C@H]2c3cc(O[C@@H](C)C(=O)NCC(C)C)ccc3CCN2C(=O)C2CC2)cc1. The predicted molar refractivity (Wildman–Crippen MR) is 126 cm³/mol. The molecule has 32 heavy (non-hydrogen) atoms. The van der Waals surface area contributed by atoms with Crippen LogP contribution in [0.4, 0.5) is 0 Å². The Balaban J connectivity index is 1.62. The number of hydrogen-bond donors (Lipinski definition) is 1. The molecule has 0 saturated heterocycles.